The number of nitriles is 1. The predicted octanol–water partition coefficient (Wildman–Crippen LogP) is 2.96. The number of halogens is 1. The van der Waals surface area contributed by atoms with Crippen LogP contribution in [0.2, 0.25) is 0 Å². The molecule has 1 nitrogen and oxygen atoms in total. The summed E-state index contributed by atoms with van der Waals surface area (Å²) >= 11 is 2.15. The Kier molecular flexibility index (Phi) is 2.66. The molecule has 0 saturated heterocycles. The molecule has 0 unspecified atom stereocenters. The lowest BCUT2D eigenvalue weighted by Gasteiger charge is -1.95. The summed E-state index contributed by atoms with van der Waals surface area (Å²) in [6.45, 7) is 3.78. The van der Waals surface area contributed by atoms with Gasteiger partial charge in [0.05, 0.1) is 11.6 Å². The summed E-state index contributed by atoms with van der Waals surface area (Å²) < 4.78 is 0.993. The van der Waals surface area contributed by atoms with E-state index >= 15 is 0 Å². The van der Waals surface area contributed by atoms with E-state index < -0.39 is 0 Å². The summed E-state index contributed by atoms with van der Waals surface area (Å²) in [5, 5.41) is 8.49. The topological polar surface area (TPSA) is 23.8 Å². The van der Waals surface area contributed by atoms with Gasteiger partial charge in [0.2, 0.25) is 0 Å². The van der Waals surface area contributed by atoms with Crippen LogP contribution in [0, 0.1) is 11.3 Å². The van der Waals surface area contributed by atoms with E-state index in [1.165, 1.54) is 0 Å². The Labute approximate surface area is 79.5 Å². The summed E-state index contributed by atoms with van der Waals surface area (Å²) in [4.78, 5) is 0. The van der Waals surface area contributed by atoms with E-state index in [9.17, 15) is 0 Å². The van der Waals surface area contributed by atoms with Crippen LogP contribution in [0.25, 0.3) is 3.58 Å². The second kappa shape index (κ2) is 3.54. The van der Waals surface area contributed by atoms with Crippen molar-refractivity contribution in [2.45, 2.75) is 0 Å². The van der Waals surface area contributed by atoms with Crippen LogP contribution < -0.4 is 0 Å². The van der Waals surface area contributed by atoms with Gasteiger partial charge < -0.3 is 0 Å². The molecule has 0 aliphatic carbocycles. The molecule has 0 spiro atoms. The van der Waals surface area contributed by atoms with Crippen molar-refractivity contribution in [1.82, 2.24) is 0 Å². The molecule has 1 rings (SSSR count). The fraction of sp³-hybridized carbons (Fsp3) is 0. The first kappa shape index (κ1) is 8.28. The van der Waals surface area contributed by atoms with Gasteiger partial charge in [-0.2, -0.15) is 5.26 Å². The predicted molar refractivity (Wildman–Crippen MR) is 54.2 cm³/mol. The van der Waals surface area contributed by atoms with Crippen LogP contribution in [0.15, 0.2) is 30.8 Å². The van der Waals surface area contributed by atoms with Crippen molar-refractivity contribution < 1.29 is 0 Å². The van der Waals surface area contributed by atoms with Crippen LogP contribution in [-0.2, 0) is 0 Å². The van der Waals surface area contributed by atoms with E-state index in [0.29, 0.717) is 5.56 Å². The van der Waals surface area contributed by atoms with Crippen LogP contribution >= 0.6 is 22.6 Å². The standard InChI is InChI=1S/C9H6IN/c1-7(10)9-4-2-8(6-11)3-5-9/h2-5H,1H2. The van der Waals surface area contributed by atoms with Crippen molar-refractivity contribution in [3.8, 4) is 6.07 Å². The molecule has 0 aliphatic heterocycles. The van der Waals surface area contributed by atoms with Gasteiger partial charge in [-0.1, -0.05) is 18.7 Å². The van der Waals surface area contributed by atoms with Crippen molar-refractivity contribution >= 4 is 26.2 Å². The lowest BCUT2D eigenvalue weighted by molar-refractivity contribution is 1.48. The molecule has 0 aromatic heterocycles. The maximum Gasteiger partial charge on any atom is 0.0991 e. The van der Waals surface area contributed by atoms with Gasteiger partial charge >= 0.3 is 0 Å². The molecule has 0 N–H and O–H groups in total. The Balaban J connectivity index is 3.03. The largest absolute Gasteiger partial charge is 0.192 e. The van der Waals surface area contributed by atoms with E-state index in [1.807, 2.05) is 12.1 Å². The van der Waals surface area contributed by atoms with Crippen LogP contribution in [0.4, 0.5) is 0 Å². The van der Waals surface area contributed by atoms with Crippen molar-refractivity contribution in [3.05, 3.63) is 42.0 Å². The molecule has 0 aliphatic rings. The molecule has 1 aromatic rings. The lowest BCUT2D eigenvalue weighted by Crippen LogP contribution is -1.76. The SMILES string of the molecule is C=C(I)c1ccc(C#N)cc1. The summed E-state index contributed by atoms with van der Waals surface area (Å²) in [6.07, 6.45) is 0. The fourth-order valence-electron chi connectivity index (χ4n) is 0.726. The molecular formula is C9H6IN. The number of nitrogens with zero attached hydrogens (tertiary/aromatic N) is 1. The zero-order valence-corrected chi connectivity index (χ0v) is 8.00. The average molecular weight is 255 g/mol. The molecule has 0 fully saturated rings. The Hall–Kier alpha value is -0.820. The molecular weight excluding hydrogens is 249 g/mol. The highest BCUT2D eigenvalue weighted by Crippen LogP contribution is 2.18. The zero-order chi connectivity index (χ0) is 8.27. The van der Waals surface area contributed by atoms with Crippen molar-refractivity contribution in [1.29, 1.82) is 5.26 Å². The van der Waals surface area contributed by atoms with Gasteiger partial charge in [0, 0.05) is 3.58 Å². The molecule has 2 heteroatoms. The second-order valence-corrected chi connectivity index (χ2v) is 3.40. The van der Waals surface area contributed by atoms with E-state index in [0.717, 1.165) is 9.14 Å². The Morgan fingerprint density at radius 2 is 1.91 bits per heavy atom. The lowest BCUT2D eigenvalue weighted by atomic mass is 10.1. The highest BCUT2D eigenvalue weighted by molar-refractivity contribution is 14.1. The summed E-state index contributed by atoms with van der Waals surface area (Å²) in [6, 6.07) is 9.43. The molecule has 11 heavy (non-hydrogen) atoms. The monoisotopic (exact) mass is 255 g/mol. The molecule has 0 atom stereocenters. The molecule has 0 amide bonds. The zero-order valence-electron chi connectivity index (χ0n) is 5.84. The first-order valence-corrected chi connectivity index (χ1v) is 4.17. The Bertz CT molecular complexity index is 305. The van der Waals surface area contributed by atoms with Gasteiger partial charge in [-0.05, 0) is 40.3 Å². The van der Waals surface area contributed by atoms with Gasteiger partial charge in [0.1, 0.15) is 0 Å². The van der Waals surface area contributed by atoms with Crippen LogP contribution in [-0.4, -0.2) is 0 Å². The minimum absolute atomic E-state index is 0.686. The molecule has 0 saturated carbocycles. The highest BCUT2D eigenvalue weighted by Gasteiger charge is 1.93. The Morgan fingerprint density at radius 3 is 2.27 bits per heavy atom. The van der Waals surface area contributed by atoms with Crippen molar-refractivity contribution in [3.63, 3.8) is 0 Å². The van der Waals surface area contributed by atoms with Gasteiger partial charge in [0.25, 0.3) is 0 Å². The Morgan fingerprint density at radius 1 is 1.36 bits per heavy atom. The first-order valence-electron chi connectivity index (χ1n) is 3.09. The van der Waals surface area contributed by atoms with E-state index in [4.69, 9.17) is 5.26 Å². The van der Waals surface area contributed by atoms with E-state index in [-0.39, 0.29) is 0 Å². The summed E-state index contributed by atoms with van der Waals surface area (Å²) in [7, 11) is 0. The van der Waals surface area contributed by atoms with Crippen LogP contribution in [0.1, 0.15) is 11.1 Å². The third kappa shape index (κ3) is 2.05. The minimum atomic E-state index is 0.686. The number of hydrogen-bond acceptors (Lipinski definition) is 1. The maximum atomic E-state index is 8.49. The third-order valence-corrected chi connectivity index (χ3v) is 1.95. The highest BCUT2D eigenvalue weighted by atomic mass is 127. The van der Waals surface area contributed by atoms with Crippen LogP contribution in [0.3, 0.4) is 0 Å². The normalized spacial score (nSPS) is 8.73. The minimum Gasteiger partial charge on any atom is -0.192 e. The second-order valence-electron chi connectivity index (χ2n) is 2.09. The summed E-state index contributed by atoms with van der Waals surface area (Å²) in [5.41, 5.74) is 1.76. The van der Waals surface area contributed by atoms with Crippen LogP contribution in [0.5, 0.6) is 0 Å². The quantitative estimate of drug-likeness (QED) is 0.707. The molecule has 0 radical (unpaired) electrons. The molecule has 54 valence electrons. The molecule has 0 bridgehead atoms. The summed E-state index contributed by atoms with van der Waals surface area (Å²) in [5.74, 6) is 0. The molecule has 1 aromatic carbocycles. The van der Waals surface area contributed by atoms with Gasteiger partial charge in [0.15, 0.2) is 0 Å². The fourth-order valence-corrected chi connectivity index (χ4v) is 1.09. The van der Waals surface area contributed by atoms with Gasteiger partial charge in [-0.25, -0.2) is 0 Å². The smallest absolute Gasteiger partial charge is 0.0991 e. The number of rotatable bonds is 1. The maximum absolute atomic E-state index is 8.49. The first-order chi connectivity index (χ1) is 5.24. The number of hydrogen-bond donors (Lipinski definition) is 0. The number of benzene rings is 1. The van der Waals surface area contributed by atoms with Gasteiger partial charge in [-0.15, -0.1) is 0 Å². The van der Waals surface area contributed by atoms with E-state index in [1.54, 1.807) is 12.1 Å². The van der Waals surface area contributed by atoms with E-state index in [2.05, 4.69) is 35.2 Å². The van der Waals surface area contributed by atoms with Gasteiger partial charge in [-0.3, -0.25) is 0 Å². The van der Waals surface area contributed by atoms with Crippen molar-refractivity contribution in [2.24, 2.45) is 0 Å². The van der Waals surface area contributed by atoms with Crippen molar-refractivity contribution in [2.75, 3.05) is 0 Å². The average Bonchev–Trinajstić information content (AvgIpc) is 2.05. The molecule has 0 heterocycles. The third-order valence-electron chi connectivity index (χ3n) is 1.33.